The highest BCUT2D eigenvalue weighted by Gasteiger charge is 2.25. The van der Waals surface area contributed by atoms with Crippen molar-refractivity contribution >= 4 is 5.96 Å². The Morgan fingerprint density at radius 1 is 1.25 bits per heavy atom. The molecule has 0 radical (unpaired) electrons. The quantitative estimate of drug-likeness (QED) is 0.600. The number of rotatable bonds is 6. The minimum atomic E-state index is 0.287. The van der Waals surface area contributed by atoms with E-state index in [2.05, 4.69) is 35.9 Å². The maximum absolute atomic E-state index is 6.13. The molecule has 0 aromatic heterocycles. The summed E-state index contributed by atoms with van der Waals surface area (Å²) >= 11 is 0. The Labute approximate surface area is 169 Å². The van der Waals surface area contributed by atoms with Crippen LogP contribution in [0.2, 0.25) is 0 Å². The molecule has 1 aromatic rings. The molecule has 1 aromatic carbocycles. The van der Waals surface area contributed by atoms with E-state index in [1.54, 1.807) is 0 Å². The van der Waals surface area contributed by atoms with Gasteiger partial charge in [0.15, 0.2) is 5.96 Å². The summed E-state index contributed by atoms with van der Waals surface area (Å²) in [5.74, 6) is 2.00. The maximum atomic E-state index is 6.13. The summed E-state index contributed by atoms with van der Waals surface area (Å²) in [5, 5.41) is 3.48. The first-order valence-corrected chi connectivity index (χ1v) is 10.8. The smallest absolute Gasteiger partial charge is 0.193 e. The van der Waals surface area contributed by atoms with E-state index in [-0.39, 0.29) is 6.10 Å². The van der Waals surface area contributed by atoms with Gasteiger partial charge in [-0.05, 0) is 32.9 Å². The van der Waals surface area contributed by atoms with Crippen LogP contribution < -0.4 is 10.1 Å². The Hall–Kier alpha value is -1.79. The summed E-state index contributed by atoms with van der Waals surface area (Å²) in [6, 6.07) is 11.0. The van der Waals surface area contributed by atoms with Gasteiger partial charge in [-0.25, -0.2) is 0 Å². The monoisotopic (exact) mass is 388 g/mol. The lowest BCUT2D eigenvalue weighted by Crippen LogP contribution is -2.50. The van der Waals surface area contributed by atoms with E-state index >= 15 is 0 Å². The number of likely N-dealkylation sites (tertiary alicyclic amines) is 1. The molecule has 2 fully saturated rings. The molecule has 0 aliphatic carbocycles. The standard InChI is InChI=1S/C22H36N4O2/c1-4-23-22(24-16-18(2)26-14-15-27-17-19(26)3)25-12-10-21(11-13-25)28-20-8-6-5-7-9-20/h5-9,18-19,21H,4,10-17H2,1-3H3,(H,23,24). The van der Waals surface area contributed by atoms with Crippen molar-refractivity contribution in [1.82, 2.24) is 15.1 Å². The third-order valence-electron chi connectivity index (χ3n) is 5.61. The lowest BCUT2D eigenvalue weighted by molar-refractivity contribution is -0.0166. The molecule has 2 atom stereocenters. The molecule has 0 bridgehead atoms. The van der Waals surface area contributed by atoms with E-state index in [1.165, 1.54) is 0 Å². The maximum Gasteiger partial charge on any atom is 0.193 e. The molecule has 0 saturated carbocycles. The number of nitrogens with one attached hydrogen (secondary N) is 1. The highest BCUT2D eigenvalue weighted by Crippen LogP contribution is 2.19. The first kappa shape index (κ1) is 20.9. The highest BCUT2D eigenvalue weighted by molar-refractivity contribution is 5.80. The van der Waals surface area contributed by atoms with Gasteiger partial charge in [0.05, 0.1) is 19.8 Å². The van der Waals surface area contributed by atoms with Crippen LogP contribution >= 0.6 is 0 Å². The average Bonchev–Trinajstić information content (AvgIpc) is 2.73. The van der Waals surface area contributed by atoms with Gasteiger partial charge in [0, 0.05) is 51.1 Å². The second kappa shape index (κ2) is 10.7. The van der Waals surface area contributed by atoms with Crippen molar-refractivity contribution in [2.75, 3.05) is 45.9 Å². The van der Waals surface area contributed by atoms with Gasteiger partial charge in [0.2, 0.25) is 0 Å². The summed E-state index contributed by atoms with van der Waals surface area (Å²) in [5.41, 5.74) is 0. The minimum Gasteiger partial charge on any atom is -0.490 e. The van der Waals surface area contributed by atoms with E-state index in [4.69, 9.17) is 14.5 Å². The number of benzene rings is 1. The largest absolute Gasteiger partial charge is 0.490 e. The van der Waals surface area contributed by atoms with E-state index in [0.29, 0.717) is 12.1 Å². The highest BCUT2D eigenvalue weighted by atomic mass is 16.5. The summed E-state index contributed by atoms with van der Waals surface area (Å²) in [6.45, 7) is 12.9. The molecule has 2 unspecified atom stereocenters. The van der Waals surface area contributed by atoms with Gasteiger partial charge >= 0.3 is 0 Å². The number of ether oxygens (including phenoxy) is 2. The lowest BCUT2D eigenvalue weighted by atomic mass is 10.1. The summed E-state index contributed by atoms with van der Waals surface area (Å²) in [6.07, 6.45) is 2.33. The van der Waals surface area contributed by atoms with E-state index in [0.717, 1.165) is 70.5 Å². The predicted octanol–water partition coefficient (Wildman–Crippen LogP) is 2.60. The van der Waals surface area contributed by atoms with E-state index in [1.807, 2.05) is 30.3 Å². The first-order chi connectivity index (χ1) is 13.7. The molecule has 156 valence electrons. The fraction of sp³-hybridized carbons (Fsp3) is 0.682. The van der Waals surface area contributed by atoms with Crippen molar-refractivity contribution in [2.45, 2.75) is 51.8 Å². The van der Waals surface area contributed by atoms with Crippen molar-refractivity contribution in [3.63, 3.8) is 0 Å². The lowest BCUT2D eigenvalue weighted by Gasteiger charge is -2.38. The van der Waals surface area contributed by atoms with Gasteiger partial charge in [0.25, 0.3) is 0 Å². The Bertz CT molecular complexity index is 602. The van der Waals surface area contributed by atoms with Gasteiger partial charge in [-0.15, -0.1) is 0 Å². The fourth-order valence-electron chi connectivity index (χ4n) is 4.02. The molecule has 28 heavy (non-hydrogen) atoms. The third kappa shape index (κ3) is 5.85. The zero-order valence-electron chi connectivity index (χ0n) is 17.6. The average molecular weight is 389 g/mol. The van der Waals surface area contributed by atoms with Crippen LogP contribution in [0.4, 0.5) is 0 Å². The number of guanidine groups is 1. The molecular formula is C22H36N4O2. The SMILES string of the molecule is CCNC(=NCC(C)N1CCOCC1C)N1CCC(Oc2ccccc2)CC1. The van der Waals surface area contributed by atoms with Crippen molar-refractivity contribution in [2.24, 2.45) is 4.99 Å². The van der Waals surface area contributed by atoms with E-state index < -0.39 is 0 Å². The Balaban J connectivity index is 1.51. The Morgan fingerprint density at radius 3 is 2.68 bits per heavy atom. The summed E-state index contributed by atoms with van der Waals surface area (Å²) in [4.78, 5) is 9.85. The third-order valence-corrected chi connectivity index (χ3v) is 5.61. The molecule has 2 aliphatic heterocycles. The van der Waals surface area contributed by atoms with Crippen LogP contribution in [0.5, 0.6) is 5.75 Å². The van der Waals surface area contributed by atoms with E-state index in [9.17, 15) is 0 Å². The molecule has 2 heterocycles. The number of nitrogens with zero attached hydrogens (tertiary/aromatic N) is 3. The normalized spacial score (nSPS) is 23.5. The van der Waals surface area contributed by atoms with Gasteiger partial charge < -0.3 is 19.7 Å². The van der Waals surface area contributed by atoms with Crippen LogP contribution in [0.25, 0.3) is 0 Å². The van der Waals surface area contributed by atoms with Gasteiger partial charge in [-0.2, -0.15) is 0 Å². The van der Waals surface area contributed by atoms with Crippen molar-refractivity contribution in [3.05, 3.63) is 30.3 Å². The van der Waals surface area contributed by atoms with Gasteiger partial charge in [-0.3, -0.25) is 9.89 Å². The number of aliphatic imine (C=N–C) groups is 1. The van der Waals surface area contributed by atoms with Crippen LogP contribution in [-0.2, 0) is 4.74 Å². The molecule has 6 heteroatoms. The molecular weight excluding hydrogens is 352 g/mol. The number of morpholine rings is 1. The van der Waals surface area contributed by atoms with Crippen LogP contribution in [-0.4, -0.2) is 79.9 Å². The molecule has 2 saturated heterocycles. The van der Waals surface area contributed by atoms with Gasteiger partial charge in [0.1, 0.15) is 11.9 Å². The molecule has 1 N–H and O–H groups in total. The topological polar surface area (TPSA) is 49.3 Å². The second-order valence-electron chi connectivity index (χ2n) is 7.82. The van der Waals surface area contributed by atoms with Crippen LogP contribution in [0, 0.1) is 0 Å². The Morgan fingerprint density at radius 2 is 2.00 bits per heavy atom. The number of hydrogen-bond donors (Lipinski definition) is 1. The molecule has 2 aliphatic rings. The Kier molecular flexibility index (Phi) is 7.98. The first-order valence-electron chi connectivity index (χ1n) is 10.8. The predicted molar refractivity (Wildman–Crippen MR) is 114 cm³/mol. The zero-order valence-corrected chi connectivity index (χ0v) is 17.6. The van der Waals surface area contributed by atoms with Crippen molar-refractivity contribution in [3.8, 4) is 5.75 Å². The minimum absolute atomic E-state index is 0.287. The van der Waals surface area contributed by atoms with Crippen LogP contribution in [0.3, 0.4) is 0 Å². The fourth-order valence-corrected chi connectivity index (χ4v) is 4.02. The van der Waals surface area contributed by atoms with Gasteiger partial charge in [-0.1, -0.05) is 18.2 Å². The molecule has 0 spiro atoms. The van der Waals surface area contributed by atoms with Crippen molar-refractivity contribution in [1.29, 1.82) is 0 Å². The number of para-hydroxylation sites is 1. The molecule has 3 rings (SSSR count). The number of piperidine rings is 1. The molecule has 6 nitrogen and oxygen atoms in total. The van der Waals surface area contributed by atoms with Crippen molar-refractivity contribution < 1.29 is 9.47 Å². The zero-order chi connectivity index (χ0) is 19.8. The van der Waals surface area contributed by atoms with Crippen LogP contribution in [0.15, 0.2) is 35.3 Å². The molecule has 0 amide bonds. The summed E-state index contributed by atoms with van der Waals surface area (Å²) in [7, 11) is 0. The second-order valence-corrected chi connectivity index (χ2v) is 7.82. The van der Waals surface area contributed by atoms with Crippen LogP contribution in [0.1, 0.15) is 33.6 Å². The number of hydrogen-bond acceptors (Lipinski definition) is 4. The summed E-state index contributed by atoms with van der Waals surface area (Å²) < 4.78 is 11.7.